The van der Waals surface area contributed by atoms with E-state index >= 15 is 0 Å². The lowest BCUT2D eigenvalue weighted by Gasteiger charge is -2.11. The minimum absolute atomic E-state index is 0.355. The molecule has 76 valence electrons. The molecule has 13 heavy (non-hydrogen) atoms. The molecule has 0 radical (unpaired) electrons. The molecule has 2 fully saturated rings. The van der Waals surface area contributed by atoms with Crippen molar-refractivity contribution in [1.82, 2.24) is 0 Å². The van der Waals surface area contributed by atoms with E-state index in [0.717, 1.165) is 31.8 Å². The fraction of sp³-hybridized carbons (Fsp3) is 1.00. The van der Waals surface area contributed by atoms with Gasteiger partial charge in [0.1, 0.15) is 6.79 Å². The van der Waals surface area contributed by atoms with Gasteiger partial charge in [-0.15, -0.1) is 0 Å². The number of nitrogens with two attached hydrogens (primary N) is 1. The van der Waals surface area contributed by atoms with E-state index in [1.54, 1.807) is 0 Å². The average Bonchev–Trinajstić information content (AvgIpc) is 2.84. The Labute approximate surface area is 79.6 Å². The lowest BCUT2D eigenvalue weighted by atomic mass is 10.3. The topological polar surface area (TPSA) is 44.5 Å². The summed E-state index contributed by atoms with van der Waals surface area (Å²) < 4.78 is 10.9. The smallest absolute Gasteiger partial charge is 0.147 e. The van der Waals surface area contributed by atoms with Crippen LogP contribution in [-0.2, 0) is 9.47 Å². The molecule has 0 saturated heterocycles. The molecule has 0 heterocycles. The summed E-state index contributed by atoms with van der Waals surface area (Å²) in [6.07, 6.45) is 6.26. The quantitative estimate of drug-likeness (QED) is 0.518. The van der Waals surface area contributed by atoms with Crippen LogP contribution in [0, 0.1) is 5.92 Å². The van der Waals surface area contributed by atoms with Crippen LogP contribution in [-0.4, -0.2) is 25.5 Å². The molecule has 0 aromatic carbocycles. The Morgan fingerprint density at radius 3 is 2.62 bits per heavy atom. The zero-order valence-corrected chi connectivity index (χ0v) is 8.08. The van der Waals surface area contributed by atoms with Gasteiger partial charge in [-0.3, -0.25) is 0 Å². The standard InChI is InChI=1S/C10H19NO2/c11-9-3-4-10(5-9)13-7-12-6-8-1-2-8/h8-10H,1-7,11H2. The lowest BCUT2D eigenvalue weighted by molar-refractivity contribution is -0.0897. The van der Waals surface area contributed by atoms with E-state index < -0.39 is 0 Å². The van der Waals surface area contributed by atoms with Crippen LogP contribution >= 0.6 is 0 Å². The molecule has 0 spiro atoms. The summed E-state index contributed by atoms with van der Waals surface area (Å²) in [6.45, 7) is 1.35. The van der Waals surface area contributed by atoms with Crippen molar-refractivity contribution in [3.8, 4) is 0 Å². The van der Waals surface area contributed by atoms with Crippen LogP contribution < -0.4 is 5.73 Å². The fourth-order valence-electron chi connectivity index (χ4n) is 1.77. The number of rotatable bonds is 5. The van der Waals surface area contributed by atoms with Crippen LogP contribution in [0.4, 0.5) is 0 Å². The van der Waals surface area contributed by atoms with E-state index in [2.05, 4.69) is 0 Å². The summed E-state index contributed by atoms with van der Waals surface area (Å²) in [4.78, 5) is 0. The number of ether oxygens (including phenoxy) is 2. The summed E-state index contributed by atoms with van der Waals surface area (Å²) in [7, 11) is 0. The zero-order chi connectivity index (χ0) is 9.10. The zero-order valence-electron chi connectivity index (χ0n) is 8.08. The molecule has 2 unspecified atom stereocenters. The molecule has 2 aliphatic rings. The first kappa shape index (κ1) is 9.44. The van der Waals surface area contributed by atoms with Crippen molar-refractivity contribution < 1.29 is 9.47 Å². The van der Waals surface area contributed by atoms with Crippen molar-refractivity contribution in [3.05, 3.63) is 0 Å². The molecular formula is C10H19NO2. The minimum Gasteiger partial charge on any atom is -0.355 e. The van der Waals surface area contributed by atoms with Crippen LogP contribution in [0.15, 0.2) is 0 Å². The molecule has 2 aliphatic carbocycles. The van der Waals surface area contributed by atoms with E-state index in [1.165, 1.54) is 12.8 Å². The second-order valence-electron chi connectivity index (χ2n) is 4.29. The second kappa shape index (κ2) is 4.40. The van der Waals surface area contributed by atoms with Gasteiger partial charge in [0.25, 0.3) is 0 Å². The van der Waals surface area contributed by atoms with Gasteiger partial charge in [-0.2, -0.15) is 0 Å². The molecule has 2 atom stereocenters. The molecule has 3 nitrogen and oxygen atoms in total. The predicted octanol–water partition coefficient (Wildman–Crippen LogP) is 1.27. The van der Waals surface area contributed by atoms with Crippen molar-refractivity contribution in [2.45, 2.75) is 44.2 Å². The highest BCUT2D eigenvalue weighted by Crippen LogP contribution is 2.28. The number of hydrogen-bond acceptors (Lipinski definition) is 3. The summed E-state index contributed by atoms with van der Waals surface area (Å²) in [5.74, 6) is 0.828. The van der Waals surface area contributed by atoms with Crippen molar-refractivity contribution in [2.75, 3.05) is 13.4 Å². The molecule has 2 N–H and O–H groups in total. The normalized spacial score (nSPS) is 33.9. The predicted molar refractivity (Wildman–Crippen MR) is 50.2 cm³/mol. The van der Waals surface area contributed by atoms with Crippen molar-refractivity contribution >= 4 is 0 Å². The van der Waals surface area contributed by atoms with Crippen LogP contribution in [0.25, 0.3) is 0 Å². The van der Waals surface area contributed by atoms with Crippen molar-refractivity contribution in [3.63, 3.8) is 0 Å². The first-order valence-electron chi connectivity index (χ1n) is 5.29. The third kappa shape index (κ3) is 3.25. The maximum absolute atomic E-state index is 5.77. The average molecular weight is 185 g/mol. The van der Waals surface area contributed by atoms with E-state index in [9.17, 15) is 0 Å². The SMILES string of the molecule is NC1CCC(OCOCC2CC2)C1. The van der Waals surface area contributed by atoms with E-state index in [4.69, 9.17) is 15.2 Å². The molecule has 0 aromatic rings. The van der Waals surface area contributed by atoms with Gasteiger partial charge in [0, 0.05) is 6.04 Å². The summed E-state index contributed by atoms with van der Waals surface area (Å²) in [5.41, 5.74) is 5.77. The summed E-state index contributed by atoms with van der Waals surface area (Å²) in [5, 5.41) is 0. The molecule has 0 bridgehead atoms. The molecule has 3 heteroatoms. The Bertz CT molecular complexity index is 159. The van der Waals surface area contributed by atoms with E-state index in [-0.39, 0.29) is 0 Å². The molecule has 2 saturated carbocycles. The number of hydrogen-bond donors (Lipinski definition) is 1. The van der Waals surface area contributed by atoms with Crippen LogP contribution in [0.1, 0.15) is 32.1 Å². The highest BCUT2D eigenvalue weighted by atomic mass is 16.7. The van der Waals surface area contributed by atoms with E-state index in [0.29, 0.717) is 18.9 Å². The molecule has 2 rings (SSSR count). The largest absolute Gasteiger partial charge is 0.355 e. The highest BCUT2D eigenvalue weighted by Gasteiger charge is 2.23. The van der Waals surface area contributed by atoms with Gasteiger partial charge in [-0.1, -0.05) is 0 Å². The van der Waals surface area contributed by atoms with Gasteiger partial charge in [0.2, 0.25) is 0 Å². The Morgan fingerprint density at radius 1 is 1.15 bits per heavy atom. The summed E-state index contributed by atoms with van der Waals surface area (Å²) >= 11 is 0. The first-order chi connectivity index (χ1) is 6.34. The molecular weight excluding hydrogens is 166 g/mol. The highest BCUT2D eigenvalue weighted by molar-refractivity contribution is 4.77. The summed E-state index contributed by atoms with van der Waals surface area (Å²) in [6, 6.07) is 0.355. The maximum atomic E-state index is 5.77. The van der Waals surface area contributed by atoms with Gasteiger partial charge < -0.3 is 15.2 Å². The Balaban J connectivity index is 1.47. The van der Waals surface area contributed by atoms with Crippen molar-refractivity contribution in [1.29, 1.82) is 0 Å². The van der Waals surface area contributed by atoms with Crippen LogP contribution in [0.3, 0.4) is 0 Å². The molecule has 0 amide bonds. The Kier molecular flexibility index (Phi) is 3.19. The van der Waals surface area contributed by atoms with Gasteiger partial charge in [0.15, 0.2) is 0 Å². The Hall–Kier alpha value is -0.120. The minimum atomic E-state index is 0.355. The van der Waals surface area contributed by atoms with Crippen LogP contribution in [0.2, 0.25) is 0 Å². The third-order valence-corrected chi connectivity index (χ3v) is 2.86. The second-order valence-corrected chi connectivity index (χ2v) is 4.29. The maximum Gasteiger partial charge on any atom is 0.147 e. The lowest BCUT2D eigenvalue weighted by Crippen LogP contribution is -2.18. The monoisotopic (exact) mass is 185 g/mol. The van der Waals surface area contributed by atoms with Gasteiger partial charge >= 0.3 is 0 Å². The van der Waals surface area contributed by atoms with E-state index in [1.807, 2.05) is 0 Å². The first-order valence-corrected chi connectivity index (χ1v) is 5.29. The van der Waals surface area contributed by atoms with Gasteiger partial charge in [-0.05, 0) is 38.0 Å². The Morgan fingerprint density at radius 2 is 2.00 bits per heavy atom. The van der Waals surface area contributed by atoms with Crippen LogP contribution in [0.5, 0.6) is 0 Å². The fourth-order valence-corrected chi connectivity index (χ4v) is 1.77. The van der Waals surface area contributed by atoms with Gasteiger partial charge in [0.05, 0.1) is 12.7 Å². The molecule has 0 aliphatic heterocycles. The molecule has 0 aromatic heterocycles. The third-order valence-electron chi connectivity index (χ3n) is 2.86. The van der Waals surface area contributed by atoms with Crippen molar-refractivity contribution in [2.24, 2.45) is 11.7 Å². The van der Waals surface area contributed by atoms with Gasteiger partial charge in [-0.25, -0.2) is 0 Å².